The number of hydrogen-bond acceptors (Lipinski definition) is 1. The first-order valence-corrected chi connectivity index (χ1v) is 11.7. The minimum atomic E-state index is 1.14. The number of rotatable bonds is 3. The van der Waals surface area contributed by atoms with Crippen molar-refractivity contribution in [1.29, 1.82) is 0 Å². The summed E-state index contributed by atoms with van der Waals surface area (Å²) in [7, 11) is 0. The van der Waals surface area contributed by atoms with Crippen LogP contribution in [-0.4, -0.2) is 0 Å². The molecule has 0 atom stereocenters. The molecule has 0 unspecified atom stereocenters. The minimum Gasteiger partial charge on any atom is -0.310 e. The maximum atomic E-state index is 3.77. The van der Waals surface area contributed by atoms with Crippen LogP contribution in [0.25, 0.3) is 32.3 Å². The van der Waals surface area contributed by atoms with E-state index in [1.165, 1.54) is 49.1 Å². The van der Waals surface area contributed by atoms with Crippen molar-refractivity contribution in [2.75, 3.05) is 4.90 Å². The van der Waals surface area contributed by atoms with Gasteiger partial charge in [-0.05, 0) is 77.2 Å². The highest BCUT2D eigenvalue weighted by atomic mass is 79.9. The fraction of sp³-hybridized carbons (Fsp3) is 0.0667. The van der Waals surface area contributed by atoms with Crippen molar-refractivity contribution in [3.63, 3.8) is 0 Å². The van der Waals surface area contributed by atoms with Crippen molar-refractivity contribution in [1.82, 2.24) is 0 Å². The number of benzene rings is 6. The fourth-order valence-electron chi connectivity index (χ4n) is 4.76. The second-order valence-corrected chi connectivity index (χ2v) is 9.42. The molecule has 0 amide bonds. The standard InChI is InChI=1S/C30H22BrN/c1-19-3-11-23(12-4-19)32(24-13-5-20(2)6-14-24)28-18-10-22-7-15-25-27(31)17-9-21-8-16-26(28)30(22)29(21)25/h3-18H,1-2H3. The van der Waals surface area contributed by atoms with Gasteiger partial charge < -0.3 is 4.90 Å². The van der Waals surface area contributed by atoms with E-state index < -0.39 is 0 Å². The second-order valence-electron chi connectivity index (χ2n) is 8.56. The zero-order chi connectivity index (χ0) is 21.8. The van der Waals surface area contributed by atoms with E-state index in [2.05, 4.69) is 132 Å². The zero-order valence-electron chi connectivity index (χ0n) is 18.1. The molecule has 154 valence electrons. The largest absolute Gasteiger partial charge is 0.310 e. The lowest BCUT2D eigenvalue weighted by molar-refractivity contribution is 1.28. The summed E-state index contributed by atoms with van der Waals surface area (Å²) in [6, 6.07) is 35.4. The molecular formula is C30H22BrN. The van der Waals surface area contributed by atoms with Crippen LogP contribution in [0, 0.1) is 13.8 Å². The molecule has 0 N–H and O–H groups in total. The third-order valence-electron chi connectivity index (χ3n) is 6.41. The summed E-state index contributed by atoms with van der Waals surface area (Å²) in [5.41, 5.74) is 6.04. The average molecular weight is 476 g/mol. The molecule has 0 spiro atoms. The first-order chi connectivity index (χ1) is 15.6. The minimum absolute atomic E-state index is 1.14. The van der Waals surface area contributed by atoms with Gasteiger partial charge in [0.25, 0.3) is 0 Å². The summed E-state index contributed by atoms with van der Waals surface area (Å²) in [4.78, 5) is 2.37. The summed E-state index contributed by atoms with van der Waals surface area (Å²) in [6.07, 6.45) is 0. The molecule has 6 rings (SSSR count). The third-order valence-corrected chi connectivity index (χ3v) is 7.11. The van der Waals surface area contributed by atoms with Crippen molar-refractivity contribution >= 4 is 65.3 Å². The Kier molecular flexibility index (Phi) is 4.44. The maximum absolute atomic E-state index is 3.77. The Labute approximate surface area is 196 Å². The molecule has 1 nitrogen and oxygen atoms in total. The van der Waals surface area contributed by atoms with Crippen LogP contribution in [0.15, 0.2) is 102 Å². The van der Waals surface area contributed by atoms with Gasteiger partial charge in [-0.25, -0.2) is 0 Å². The molecule has 0 heterocycles. The summed E-state index contributed by atoms with van der Waals surface area (Å²) in [5.74, 6) is 0. The molecule has 0 aliphatic carbocycles. The lowest BCUT2D eigenvalue weighted by Crippen LogP contribution is -2.10. The predicted molar refractivity (Wildman–Crippen MR) is 142 cm³/mol. The van der Waals surface area contributed by atoms with E-state index in [4.69, 9.17) is 0 Å². The van der Waals surface area contributed by atoms with Gasteiger partial charge in [0, 0.05) is 21.2 Å². The van der Waals surface area contributed by atoms with Crippen LogP contribution in [0.1, 0.15) is 11.1 Å². The summed E-state index contributed by atoms with van der Waals surface area (Å²) in [5, 5.41) is 7.71. The van der Waals surface area contributed by atoms with Crippen LogP contribution < -0.4 is 4.90 Å². The van der Waals surface area contributed by atoms with Crippen molar-refractivity contribution in [3.05, 3.63) is 113 Å². The molecule has 2 heteroatoms. The van der Waals surface area contributed by atoms with E-state index in [-0.39, 0.29) is 0 Å². The molecule has 0 aliphatic heterocycles. The predicted octanol–water partition coefficient (Wildman–Crippen LogP) is 9.43. The molecule has 6 aromatic rings. The Bertz CT molecular complexity index is 1530. The Morgan fingerprint density at radius 3 is 1.56 bits per heavy atom. The van der Waals surface area contributed by atoms with Crippen molar-refractivity contribution < 1.29 is 0 Å². The molecule has 32 heavy (non-hydrogen) atoms. The van der Waals surface area contributed by atoms with Gasteiger partial charge in [0.05, 0.1) is 5.69 Å². The smallest absolute Gasteiger partial charge is 0.0540 e. The first-order valence-electron chi connectivity index (χ1n) is 10.9. The fourth-order valence-corrected chi connectivity index (χ4v) is 5.22. The van der Waals surface area contributed by atoms with Crippen LogP contribution in [0.4, 0.5) is 17.1 Å². The van der Waals surface area contributed by atoms with E-state index in [1.807, 2.05) is 0 Å². The summed E-state index contributed by atoms with van der Waals surface area (Å²) < 4.78 is 1.14. The van der Waals surface area contributed by atoms with E-state index in [9.17, 15) is 0 Å². The molecule has 0 aliphatic rings. The summed E-state index contributed by atoms with van der Waals surface area (Å²) >= 11 is 3.77. The van der Waals surface area contributed by atoms with E-state index in [0.29, 0.717) is 0 Å². The second kappa shape index (κ2) is 7.36. The van der Waals surface area contributed by atoms with E-state index in [0.717, 1.165) is 15.8 Å². The SMILES string of the molecule is Cc1ccc(N(c2ccc(C)cc2)c2ccc3ccc4c(Br)ccc5ccc2c3c54)cc1. The van der Waals surface area contributed by atoms with Gasteiger partial charge in [-0.15, -0.1) is 0 Å². The number of nitrogens with zero attached hydrogens (tertiary/aromatic N) is 1. The third kappa shape index (κ3) is 2.98. The average Bonchev–Trinajstić information content (AvgIpc) is 2.82. The monoisotopic (exact) mass is 475 g/mol. The van der Waals surface area contributed by atoms with E-state index in [1.54, 1.807) is 0 Å². The lowest BCUT2D eigenvalue weighted by atomic mass is 9.93. The van der Waals surface area contributed by atoms with Crippen molar-refractivity contribution in [3.8, 4) is 0 Å². The van der Waals surface area contributed by atoms with Gasteiger partial charge in [0.15, 0.2) is 0 Å². The lowest BCUT2D eigenvalue weighted by Gasteiger charge is -2.28. The van der Waals surface area contributed by atoms with Gasteiger partial charge in [-0.2, -0.15) is 0 Å². The normalized spacial score (nSPS) is 11.6. The molecule has 0 radical (unpaired) electrons. The first kappa shape index (κ1) is 19.3. The number of anilines is 3. The molecule has 0 aromatic heterocycles. The zero-order valence-corrected chi connectivity index (χ0v) is 19.6. The Morgan fingerprint density at radius 2 is 0.969 bits per heavy atom. The highest BCUT2D eigenvalue weighted by Gasteiger charge is 2.18. The Hall–Kier alpha value is -3.36. The van der Waals surface area contributed by atoms with Crippen molar-refractivity contribution in [2.45, 2.75) is 13.8 Å². The van der Waals surface area contributed by atoms with Crippen LogP contribution in [0.2, 0.25) is 0 Å². The molecule has 6 aromatic carbocycles. The van der Waals surface area contributed by atoms with Gasteiger partial charge >= 0.3 is 0 Å². The van der Waals surface area contributed by atoms with Crippen LogP contribution >= 0.6 is 15.9 Å². The Balaban J connectivity index is 1.70. The van der Waals surface area contributed by atoms with Crippen LogP contribution in [0.3, 0.4) is 0 Å². The van der Waals surface area contributed by atoms with Gasteiger partial charge in [0.2, 0.25) is 0 Å². The molecular weight excluding hydrogens is 454 g/mol. The van der Waals surface area contributed by atoms with Crippen LogP contribution in [0.5, 0.6) is 0 Å². The quantitative estimate of drug-likeness (QED) is 0.230. The topological polar surface area (TPSA) is 3.24 Å². The molecule has 0 saturated carbocycles. The highest BCUT2D eigenvalue weighted by molar-refractivity contribution is 9.10. The van der Waals surface area contributed by atoms with Gasteiger partial charge in [0.1, 0.15) is 0 Å². The number of halogens is 1. The van der Waals surface area contributed by atoms with Crippen molar-refractivity contribution in [2.24, 2.45) is 0 Å². The molecule has 0 fully saturated rings. The van der Waals surface area contributed by atoms with Crippen LogP contribution in [-0.2, 0) is 0 Å². The number of aryl methyl sites for hydroxylation is 2. The summed E-state index contributed by atoms with van der Waals surface area (Å²) in [6.45, 7) is 4.27. The van der Waals surface area contributed by atoms with Gasteiger partial charge in [-0.3, -0.25) is 0 Å². The van der Waals surface area contributed by atoms with Gasteiger partial charge in [-0.1, -0.05) is 87.7 Å². The maximum Gasteiger partial charge on any atom is 0.0540 e. The number of hydrogen-bond donors (Lipinski definition) is 0. The highest BCUT2D eigenvalue weighted by Crippen LogP contribution is 2.44. The molecule has 0 bridgehead atoms. The molecule has 0 saturated heterocycles. The van der Waals surface area contributed by atoms with E-state index >= 15 is 0 Å². The Morgan fingerprint density at radius 1 is 0.500 bits per heavy atom.